The summed E-state index contributed by atoms with van der Waals surface area (Å²) in [7, 11) is -12.0. The van der Waals surface area contributed by atoms with E-state index in [4.69, 9.17) is 14.0 Å². The fraction of sp³-hybridized carbons (Fsp3) is 0.302. The van der Waals surface area contributed by atoms with Crippen LogP contribution in [0, 0.1) is 17.8 Å². The van der Waals surface area contributed by atoms with Crippen molar-refractivity contribution in [2.75, 3.05) is 23.8 Å². The van der Waals surface area contributed by atoms with Gasteiger partial charge in [-0.05, 0) is 86.1 Å². The number of aliphatic hydroxyl groups excluding tert-OH is 2. The van der Waals surface area contributed by atoms with Gasteiger partial charge in [-0.3, -0.25) is 13.8 Å². The Balaban J connectivity index is 0.000000198. The van der Waals surface area contributed by atoms with Crippen molar-refractivity contribution in [2.24, 2.45) is 22.9 Å². The summed E-state index contributed by atoms with van der Waals surface area (Å²) in [6.45, 7) is 1.94. The zero-order valence-corrected chi connectivity index (χ0v) is 37.5. The number of carbonyl (C=O) groups excluding carboxylic acids is 2. The largest absolute Gasteiger partial charge is 0.441 e. The monoisotopic (exact) mass is 963 g/mol. The summed E-state index contributed by atoms with van der Waals surface area (Å²) in [5, 5.41) is 30.2. The quantitative estimate of drug-likeness (QED) is 0.0860. The molecular weight excluding hydrogens is 919 g/mol. The molecule has 6 N–H and O–H groups in total. The first-order valence-corrected chi connectivity index (χ1v) is 24.9. The number of benzene rings is 2. The van der Waals surface area contributed by atoms with Gasteiger partial charge in [0, 0.05) is 37.0 Å². The molecule has 2 aliphatic carbocycles. The van der Waals surface area contributed by atoms with E-state index in [1.165, 1.54) is 73.6 Å². The molecule has 0 radical (unpaired) electrons. The number of carbonyl (C=O) groups is 2. The van der Waals surface area contributed by atoms with E-state index in [0.29, 0.717) is 18.2 Å². The van der Waals surface area contributed by atoms with Gasteiger partial charge in [0.1, 0.15) is 24.3 Å². The first-order valence-electron chi connectivity index (χ1n) is 20.4. The molecule has 0 unspecified atom stereocenters. The number of anilines is 2. The number of nitrogens with one attached hydrogen (secondary N) is 2. The van der Waals surface area contributed by atoms with Gasteiger partial charge >= 0.3 is 10.3 Å². The molecule has 0 spiro atoms. The van der Waals surface area contributed by atoms with Crippen LogP contribution in [0.4, 0.5) is 11.6 Å². The molecule has 66 heavy (non-hydrogen) atoms. The average Bonchev–Trinajstić information content (AvgIpc) is 4.14. The Labute approximate surface area is 379 Å². The molecule has 0 aliphatic heterocycles. The summed E-state index contributed by atoms with van der Waals surface area (Å²) in [5.74, 6) is -0.906. The van der Waals surface area contributed by atoms with E-state index in [2.05, 4.69) is 41.7 Å². The zero-order chi connectivity index (χ0) is 47.2. The molecule has 0 bridgehead atoms. The van der Waals surface area contributed by atoms with Crippen LogP contribution in [0.2, 0.25) is 0 Å². The first kappa shape index (κ1) is 47.7. The third kappa shape index (κ3) is 11.1. The third-order valence-electron chi connectivity index (χ3n) is 11.2. The minimum Gasteiger partial charge on any atom is -0.441 e. The highest BCUT2D eigenvalue weighted by Gasteiger charge is 2.36. The normalized spacial score (nSPS) is 20.8. The van der Waals surface area contributed by atoms with Crippen LogP contribution in [-0.4, -0.2) is 98.4 Å². The fourth-order valence-electron chi connectivity index (χ4n) is 7.77. The molecule has 23 heteroatoms. The molecule has 6 aromatic rings. The van der Waals surface area contributed by atoms with Crippen molar-refractivity contribution in [3.05, 3.63) is 133 Å². The van der Waals surface area contributed by atoms with Gasteiger partial charge in [-0.15, -0.1) is 0 Å². The van der Waals surface area contributed by atoms with Gasteiger partial charge in [-0.2, -0.15) is 8.42 Å². The summed E-state index contributed by atoms with van der Waals surface area (Å²) < 4.78 is 88.4. The molecule has 2 fully saturated rings. The SMILES string of the molecule is C[C@H]1C[C@H](Nc2ncncc2C(=O)c2ccc(S(=O)(=O)c3ccccc3)o2)C[C@@H]1CO.NS(=O)(=O)OC[C@H]1C[C@@H](Nc2ncncc2C(=O)c2ccc(S(=O)(=O)c3ccccc3)o2)C[C@@H]1O. The van der Waals surface area contributed by atoms with Crippen molar-refractivity contribution in [2.45, 2.75) is 70.8 Å². The van der Waals surface area contributed by atoms with Gasteiger partial charge in [-0.25, -0.2) is 41.9 Å². The minimum atomic E-state index is -4.14. The van der Waals surface area contributed by atoms with Crippen LogP contribution in [-0.2, 0) is 34.2 Å². The maximum atomic E-state index is 13.1. The lowest BCUT2D eigenvalue weighted by atomic mass is 10.00. The first-order chi connectivity index (χ1) is 31.4. The van der Waals surface area contributed by atoms with Gasteiger partial charge < -0.3 is 29.7 Å². The maximum absolute atomic E-state index is 13.1. The molecule has 348 valence electrons. The molecule has 0 saturated heterocycles. The molecule has 4 heterocycles. The van der Waals surface area contributed by atoms with Crippen molar-refractivity contribution in [1.82, 2.24) is 19.9 Å². The zero-order valence-electron chi connectivity index (χ0n) is 35.1. The van der Waals surface area contributed by atoms with Gasteiger partial charge in [0.25, 0.3) is 0 Å². The average molecular weight is 964 g/mol. The van der Waals surface area contributed by atoms with Gasteiger partial charge in [0.05, 0.1) is 33.6 Å². The number of hydrogen-bond acceptors (Lipinski definition) is 19. The van der Waals surface area contributed by atoms with Crippen molar-refractivity contribution in [3.63, 3.8) is 0 Å². The fourth-order valence-corrected chi connectivity index (χ4v) is 10.5. The van der Waals surface area contributed by atoms with E-state index < -0.39 is 53.6 Å². The van der Waals surface area contributed by atoms with Crippen LogP contribution in [0.5, 0.6) is 0 Å². The Morgan fingerprint density at radius 3 is 1.58 bits per heavy atom. The standard InChI is InChI=1S/C22H23N3O5S.C21H22N4O8S2/c1-14-9-16(10-15(14)12-26)25-22-18(11-23-13-24-22)21(27)19-7-8-20(30-19)31(28,29)17-5-3-2-4-6-17;22-35(30,31)32-11-13-8-14(9-17(13)26)25-21-16(10-23-12-24-21)20(27)18-6-7-19(33-18)34(28,29)15-4-2-1-3-5-15/h2-8,11,13-16,26H,9-10,12H2,1H3,(H,23,24,25);1-7,10,12-14,17,26H,8-9,11H2,(H2,22,30,31)(H,23,24,25)/t14-,15+,16-;13-,14-,17+/m01/s1. The second-order valence-corrected chi connectivity index (χ2v) is 20.7. The molecule has 20 nitrogen and oxygen atoms in total. The number of sulfone groups is 2. The van der Waals surface area contributed by atoms with E-state index in [1.54, 1.807) is 36.4 Å². The Hall–Kier alpha value is -6.21. The molecule has 0 amide bonds. The Morgan fingerprint density at radius 2 is 1.14 bits per heavy atom. The third-order valence-corrected chi connectivity index (χ3v) is 15.0. The molecule has 2 saturated carbocycles. The van der Waals surface area contributed by atoms with Crippen LogP contribution in [0.1, 0.15) is 64.8 Å². The van der Waals surface area contributed by atoms with Crippen molar-refractivity contribution in [1.29, 1.82) is 0 Å². The second kappa shape index (κ2) is 20.1. The van der Waals surface area contributed by atoms with Crippen molar-refractivity contribution in [3.8, 4) is 0 Å². The highest BCUT2D eigenvalue weighted by molar-refractivity contribution is 7.91. The lowest BCUT2D eigenvalue weighted by Crippen LogP contribution is -2.24. The summed E-state index contributed by atoms with van der Waals surface area (Å²) >= 11 is 0. The second-order valence-electron chi connectivity index (χ2n) is 15.7. The molecule has 8 rings (SSSR count). The number of aliphatic hydroxyl groups is 2. The Bertz CT molecular complexity index is 3010. The lowest BCUT2D eigenvalue weighted by molar-refractivity contribution is 0.0996. The van der Waals surface area contributed by atoms with E-state index >= 15 is 0 Å². The van der Waals surface area contributed by atoms with Crippen molar-refractivity contribution >= 4 is 53.2 Å². The minimum absolute atomic E-state index is 0.0273. The highest BCUT2D eigenvalue weighted by Crippen LogP contribution is 2.34. The Kier molecular flexibility index (Phi) is 14.6. The number of rotatable bonds is 16. The lowest BCUT2D eigenvalue weighted by Gasteiger charge is -2.15. The number of hydrogen-bond donors (Lipinski definition) is 5. The predicted octanol–water partition coefficient (Wildman–Crippen LogP) is 3.86. The van der Waals surface area contributed by atoms with E-state index in [1.807, 2.05) is 0 Å². The summed E-state index contributed by atoms with van der Waals surface area (Å²) in [5.41, 5.74) is 0.227. The van der Waals surface area contributed by atoms with Gasteiger partial charge in [-0.1, -0.05) is 43.3 Å². The van der Waals surface area contributed by atoms with Gasteiger partial charge in [0.2, 0.25) is 41.4 Å². The van der Waals surface area contributed by atoms with E-state index in [-0.39, 0.29) is 86.1 Å². The topological polar surface area (TPSA) is 314 Å². The maximum Gasteiger partial charge on any atom is 0.333 e. The molecular formula is C43H45N7O13S3. The molecule has 4 aromatic heterocycles. The van der Waals surface area contributed by atoms with Crippen LogP contribution in [0.3, 0.4) is 0 Å². The van der Waals surface area contributed by atoms with Crippen LogP contribution in [0.25, 0.3) is 0 Å². The number of nitrogens with zero attached hydrogens (tertiary/aromatic N) is 4. The van der Waals surface area contributed by atoms with Crippen LogP contribution >= 0.6 is 0 Å². The van der Waals surface area contributed by atoms with Crippen LogP contribution in [0.15, 0.2) is 139 Å². The van der Waals surface area contributed by atoms with E-state index in [9.17, 15) is 45.1 Å². The molecule has 6 atom stereocenters. The summed E-state index contributed by atoms with van der Waals surface area (Å²) in [6, 6.07) is 20.3. The summed E-state index contributed by atoms with van der Waals surface area (Å²) in [4.78, 5) is 42.4. The highest BCUT2D eigenvalue weighted by atomic mass is 32.2. The molecule has 2 aromatic carbocycles. The van der Waals surface area contributed by atoms with Crippen molar-refractivity contribution < 1.29 is 58.1 Å². The number of furan rings is 2. The van der Waals surface area contributed by atoms with E-state index in [0.717, 1.165) is 12.8 Å². The number of aromatic nitrogens is 4. The van der Waals surface area contributed by atoms with Crippen LogP contribution < -0.4 is 15.8 Å². The smallest absolute Gasteiger partial charge is 0.333 e. The predicted molar refractivity (Wildman–Crippen MR) is 234 cm³/mol. The summed E-state index contributed by atoms with van der Waals surface area (Å²) in [6.07, 6.45) is 6.55. The Morgan fingerprint density at radius 1 is 0.682 bits per heavy atom. The number of nitrogens with two attached hydrogens (primary N) is 1. The van der Waals surface area contributed by atoms with Gasteiger partial charge in [0.15, 0.2) is 11.5 Å². The number of ketones is 2. The molecule has 2 aliphatic rings.